The highest BCUT2D eigenvalue weighted by molar-refractivity contribution is 6.30. The third-order valence-corrected chi connectivity index (χ3v) is 4.97. The summed E-state index contributed by atoms with van der Waals surface area (Å²) in [6.07, 6.45) is 7.61. The van der Waals surface area contributed by atoms with E-state index in [2.05, 4.69) is 21.9 Å². The number of halogens is 1. The Morgan fingerprint density at radius 1 is 1.00 bits per heavy atom. The third kappa shape index (κ3) is 8.81. The van der Waals surface area contributed by atoms with Gasteiger partial charge in [-0.05, 0) is 68.9 Å². The maximum absolute atomic E-state index is 12.0. The molecule has 1 aromatic carbocycles. The molecule has 0 saturated heterocycles. The summed E-state index contributed by atoms with van der Waals surface area (Å²) in [5.74, 6) is 2.02. The van der Waals surface area contributed by atoms with Crippen LogP contribution in [0.4, 0.5) is 0 Å². The minimum atomic E-state index is -0.454. The predicted molar refractivity (Wildman–Crippen MR) is 129 cm³/mol. The minimum absolute atomic E-state index is 0.163. The highest BCUT2D eigenvalue weighted by Gasteiger charge is 2.18. The van der Waals surface area contributed by atoms with E-state index in [1.807, 2.05) is 57.2 Å². The Bertz CT molecular complexity index is 1050. The van der Waals surface area contributed by atoms with Crippen LogP contribution in [-0.2, 0) is 28.8 Å². The summed E-state index contributed by atoms with van der Waals surface area (Å²) in [5.41, 5.74) is 1.78. The van der Waals surface area contributed by atoms with E-state index in [-0.39, 0.29) is 11.9 Å². The number of aryl methyl sites for hydroxylation is 2. The summed E-state index contributed by atoms with van der Waals surface area (Å²) in [4.78, 5) is 24.8. The molecule has 0 bridgehead atoms. The number of carbonyl (C=O) groups is 1. The van der Waals surface area contributed by atoms with Crippen LogP contribution >= 0.6 is 11.6 Å². The molecule has 7 heteroatoms. The number of ether oxygens (including phenoxy) is 2. The first-order chi connectivity index (χ1) is 15.7. The van der Waals surface area contributed by atoms with Crippen LogP contribution in [0.1, 0.15) is 51.1 Å². The Morgan fingerprint density at radius 3 is 2.36 bits per heavy atom. The van der Waals surface area contributed by atoms with Crippen molar-refractivity contribution in [2.24, 2.45) is 5.92 Å². The first kappa shape index (κ1) is 24.6. The van der Waals surface area contributed by atoms with Gasteiger partial charge in [-0.3, -0.25) is 4.79 Å². The second-order valence-corrected chi connectivity index (χ2v) is 9.60. The molecule has 2 heterocycles. The summed E-state index contributed by atoms with van der Waals surface area (Å²) >= 11 is 5.83. The van der Waals surface area contributed by atoms with Gasteiger partial charge in [0.05, 0.1) is 5.02 Å². The highest BCUT2D eigenvalue weighted by Crippen LogP contribution is 2.23. The molecule has 0 fully saturated rings. The molecule has 0 aliphatic carbocycles. The standard InChI is InChI=1S/C26H30ClN3O3/c1-18(14-25(31)33-26(2,3)4)13-19-5-8-22(9-6-19)32-24-15-20(11-12-28-24)7-10-23-29-16-21(27)17-30-23/h5-6,8-9,11-12,15-18H,7,10,13-14H2,1-4H3. The van der Waals surface area contributed by atoms with Gasteiger partial charge in [0.2, 0.25) is 5.88 Å². The van der Waals surface area contributed by atoms with E-state index in [0.29, 0.717) is 29.5 Å². The first-order valence-electron chi connectivity index (χ1n) is 11.1. The van der Waals surface area contributed by atoms with E-state index < -0.39 is 5.60 Å². The van der Waals surface area contributed by atoms with Gasteiger partial charge in [0.25, 0.3) is 0 Å². The molecule has 3 aromatic rings. The van der Waals surface area contributed by atoms with E-state index >= 15 is 0 Å². The summed E-state index contributed by atoms with van der Waals surface area (Å²) in [5, 5.41) is 0.530. The number of rotatable bonds is 9. The van der Waals surface area contributed by atoms with Crippen molar-refractivity contribution in [2.45, 2.75) is 59.0 Å². The van der Waals surface area contributed by atoms with Crippen LogP contribution in [0.5, 0.6) is 11.6 Å². The molecule has 3 rings (SSSR count). The molecule has 0 aliphatic heterocycles. The predicted octanol–water partition coefficient (Wildman–Crippen LogP) is 6.01. The van der Waals surface area contributed by atoms with Crippen molar-refractivity contribution >= 4 is 17.6 Å². The fourth-order valence-corrected chi connectivity index (χ4v) is 3.44. The zero-order valence-corrected chi connectivity index (χ0v) is 20.3. The average Bonchev–Trinajstić information content (AvgIpc) is 2.73. The summed E-state index contributed by atoms with van der Waals surface area (Å²) in [7, 11) is 0. The summed E-state index contributed by atoms with van der Waals surface area (Å²) in [6, 6.07) is 11.8. The van der Waals surface area contributed by atoms with Crippen LogP contribution in [0.25, 0.3) is 0 Å². The third-order valence-electron chi connectivity index (χ3n) is 4.78. The molecule has 2 aromatic heterocycles. The Balaban J connectivity index is 1.51. The van der Waals surface area contributed by atoms with Gasteiger partial charge in [0.15, 0.2) is 0 Å². The van der Waals surface area contributed by atoms with Crippen LogP contribution in [0.15, 0.2) is 55.0 Å². The topological polar surface area (TPSA) is 74.2 Å². The molecule has 0 spiro atoms. The quantitative estimate of drug-likeness (QED) is 0.358. The summed E-state index contributed by atoms with van der Waals surface area (Å²) < 4.78 is 11.3. The minimum Gasteiger partial charge on any atom is -0.460 e. The van der Waals surface area contributed by atoms with Crippen molar-refractivity contribution in [3.8, 4) is 11.6 Å². The van der Waals surface area contributed by atoms with Crippen molar-refractivity contribution in [2.75, 3.05) is 0 Å². The van der Waals surface area contributed by atoms with Gasteiger partial charge in [-0.15, -0.1) is 0 Å². The van der Waals surface area contributed by atoms with E-state index in [0.717, 1.165) is 29.8 Å². The number of carbonyl (C=O) groups excluding carboxylic acids is 1. The van der Waals surface area contributed by atoms with E-state index in [9.17, 15) is 4.79 Å². The van der Waals surface area contributed by atoms with Crippen LogP contribution in [-0.4, -0.2) is 26.5 Å². The van der Waals surface area contributed by atoms with Gasteiger partial charge in [-0.2, -0.15) is 0 Å². The highest BCUT2D eigenvalue weighted by atomic mass is 35.5. The number of pyridine rings is 1. The second-order valence-electron chi connectivity index (χ2n) is 9.17. The first-order valence-corrected chi connectivity index (χ1v) is 11.4. The molecular formula is C26H30ClN3O3. The fraction of sp³-hybridized carbons (Fsp3) is 0.385. The number of hydrogen-bond donors (Lipinski definition) is 0. The van der Waals surface area contributed by atoms with Crippen LogP contribution in [0.3, 0.4) is 0 Å². The van der Waals surface area contributed by atoms with E-state index in [1.165, 1.54) is 0 Å². The molecule has 0 saturated carbocycles. The SMILES string of the molecule is CC(CC(=O)OC(C)(C)C)Cc1ccc(Oc2cc(CCc3ncc(Cl)cn3)ccn2)cc1. The van der Waals surface area contributed by atoms with Gasteiger partial charge >= 0.3 is 5.97 Å². The molecule has 0 radical (unpaired) electrons. The maximum Gasteiger partial charge on any atom is 0.306 e. The van der Waals surface area contributed by atoms with E-state index in [4.69, 9.17) is 21.1 Å². The molecule has 33 heavy (non-hydrogen) atoms. The van der Waals surface area contributed by atoms with E-state index in [1.54, 1.807) is 18.6 Å². The molecule has 1 unspecified atom stereocenters. The maximum atomic E-state index is 12.0. The number of nitrogens with zero attached hydrogens (tertiary/aromatic N) is 3. The Morgan fingerprint density at radius 2 is 1.70 bits per heavy atom. The average molecular weight is 468 g/mol. The summed E-state index contributed by atoms with van der Waals surface area (Å²) in [6.45, 7) is 7.70. The molecule has 0 aliphatic rings. The normalized spacial score (nSPS) is 12.3. The van der Waals surface area contributed by atoms with Gasteiger partial charge in [-0.1, -0.05) is 30.7 Å². The van der Waals surface area contributed by atoms with Crippen molar-refractivity contribution in [1.29, 1.82) is 0 Å². The molecular weight excluding hydrogens is 438 g/mol. The zero-order chi connectivity index (χ0) is 23.8. The Kier molecular flexibility index (Phi) is 8.39. The van der Waals surface area contributed by atoms with Gasteiger partial charge < -0.3 is 9.47 Å². The van der Waals surface area contributed by atoms with Gasteiger partial charge in [0.1, 0.15) is 17.2 Å². The number of esters is 1. The second kappa shape index (κ2) is 11.2. The Hall–Kier alpha value is -2.99. The Labute approximate surface area is 200 Å². The molecule has 6 nitrogen and oxygen atoms in total. The smallest absolute Gasteiger partial charge is 0.306 e. The fourth-order valence-electron chi connectivity index (χ4n) is 3.34. The number of aromatic nitrogens is 3. The zero-order valence-electron chi connectivity index (χ0n) is 19.5. The lowest BCUT2D eigenvalue weighted by Crippen LogP contribution is -2.25. The van der Waals surface area contributed by atoms with Crippen molar-refractivity contribution in [3.63, 3.8) is 0 Å². The van der Waals surface area contributed by atoms with Crippen molar-refractivity contribution < 1.29 is 14.3 Å². The lowest BCUT2D eigenvalue weighted by molar-refractivity contribution is -0.155. The van der Waals surface area contributed by atoms with Gasteiger partial charge in [0, 0.05) is 37.5 Å². The van der Waals surface area contributed by atoms with Gasteiger partial charge in [-0.25, -0.2) is 15.0 Å². The largest absolute Gasteiger partial charge is 0.460 e. The van der Waals surface area contributed by atoms with Crippen LogP contribution in [0, 0.1) is 5.92 Å². The number of benzene rings is 1. The lowest BCUT2D eigenvalue weighted by Gasteiger charge is -2.21. The molecule has 0 amide bonds. The van der Waals surface area contributed by atoms with Crippen LogP contribution in [0.2, 0.25) is 5.02 Å². The number of hydrogen-bond acceptors (Lipinski definition) is 6. The van der Waals surface area contributed by atoms with Crippen molar-refractivity contribution in [3.05, 3.63) is 77.0 Å². The lowest BCUT2D eigenvalue weighted by atomic mass is 9.98. The molecule has 1 atom stereocenters. The molecule has 0 N–H and O–H groups in total. The van der Waals surface area contributed by atoms with Crippen molar-refractivity contribution in [1.82, 2.24) is 15.0 Å². The molecule has 174 valence electrons. The monoisotopic (exact) mass is 467 g/mol. The van der Waals surface area contributed by atoms with Crippen LogP contribution < -0.4 is 4.74 Å².